The van der Waals surface area contributed by atoms with Gasteiger partial charge in [-0.1, -0.05) is 0 Å². The highest BCUT2D eigenvalue weighted by Crippen LogP contribution is 2.23. The Balaban J connectivity index is 1.00. The molecule has 0 saturated carbocycles. The van der Waals surface area contributed by atoms with E-state index < -0.39 is 5.91 Å². The van der Waals surface area contributed by atoms with Gasteiger partial charge in [-0.3, -0.25) is 9.59 Å². The third-order valence-corrected chi connectivity index (χ3v) is 8.29. The van der Waals surface area contributed by atoms with E-state index in [1.54, 1.807) is 23.2 Å². The summed E-state index contributed by atoms with van der Waals surface area (Å²) in [5, 5.41) is 4.17. The highest BCUT2D eigenvalue weighted by Gasteiger charge is 2.17. The fourth-order valence-electron chi connectivity index (χ4n) is 5.77. The van der Waals surface area contributed by atoms with Gasteiger partial charge in [0.05, 0.1) is 19.4 Å². The summed E-state index contributed by atoms with van der Waals surface area (Å²) in [7, 11) is 0. The Hall–Kier alpha value is -5.55. The van der Waals surface area contributed by atoms with Crippen molar-refractivity contribution >= 4 is 18.0 Å². The first-order valence-corrected chi connectivity index (χ1v) is 15.8. The Bertz CT molecular complexity index is 1890. The second-order valence-corrected chi connectivity index (χ2v) is 11.6. The molecule has 248 valence electrons. The van der Waals surface area contributed by atoms with Crippen molar-refractivity contribution in [1.29, 1.82) is 0 Å². The lowest BCUT2D eigenvalue weighted by Crippen LogP contribution is -2.42. The molecule has 1 saturated heterocycles. The van der Waals surface area contributed by atoms with Crippen LogP contribution in [0.4, 0.5) is 0 Å². The Kier molecular flexibility index (Phi) is 9.77. The molecule has 0 unspecified atom stereocenters. The van der Waals surface area contributed by atoms with Crippen molar-refractivity contribution in [1.82, 2.24) is 19.5 Å². The molecule has 2 aromatic carbocycles. The molecule has 11 nitrogen and oxygen atoms in total. The quantitative estimate of drug-likeness (QED) is 0.146. The van der Waals surface area contributed by atoms with Gasteiger partial charge in [0.15, 0.2) is 12.4 Å². The number of amides is 2. The first-order valence-electron chi connectivity index (χ1n) is 15.8. The topological polar surface area (TPSA) is 112 Å². The van der Waals surface area contributed by atoms with Gasteiger partial charge in [0.25, 0.3) is 5.91 Å². The van der Waals surface area contributed by atoms with Crippen LogP contribution in [0.2, 0.25) is 0 Å². The van der Waals surface area contributed by atoms with E-state index in [9.17, 15) is 9.59 Å². The van der Waals surface area contributed by atoms with E-state index in [2.05, 4.69) is 45.6 Å². The summed E-state index contributed by atoms with van der Waals surface area (Å²) in [6.45, 7) is 10.6. The average molecular weight is 650 g/mol. The molecule has 6 rings (SSSR count). The maximum absolute atomic E-state index is 12.7. The van der Waals surface area contributed by atoms with E-state index in [4.69, 9.17) is 18.6 Å². The van der Waals surface area contributed by atoms with Crippen LogP contribution in [0.15, 0.2) is 88.4 Å². The Morgan fingerprint density at radius 2 is 1.42 bits per heavy atom. The van der Waals surface area contributed by atoms with Crippen LogP contribution in [0.5, 0.6) is 11.5 Å². The number of aromatic nitrogens is 2. The third kappa shape index (κ3) is 7.37. The van der Waals surface area contributed by atoms with Gasteiger partial charge in [0.1, 0.15) is 23.9 Å². The first kappa shape index (κ1) is 32.4. The van der Waals surface area contributed by atoms with Crippen molar-refractivity contribution in [2.75, 3.05) is 32.9 Å². The first-order chi connectivity index (χ1) is 23.3. The fraction of sp³-hybridized carbons (Fsp3) is 0.270. The number of hydrazone groups is 1. The van der Waals surface area contributed by atoms with Crippen LogP contribution < -0.4 is 14.9 Å². The molecule has 0 radical (unpaired) electrons. The van der Waals surface area contributed by atoms with Gasteiger partial charge in [-0.2, -0.15) is 5.10 Å². The molecule has 1 N–H and O–H groups in total. The number of aryl methyl sites for hydroxylation is 3. The van der Waals surface area contributed by atoms with E-state index in [1.165, 1.54) is 11.4 Å². The predicted octanol–water partition coefficient (Wildman–Crippen LogP) is 5.68. The minimum atomic E-state index is -0.462. The average Bonchev–Trinajstić information content (AvgIpc) is 3.80. The van der Waals surface area contributed by atoms with Crippen LogP contribution in [-0.4, -0.2) is 65.0 Å². The van der Waals surface area contributed by atoms with Gasteiger partial charge in [-0.05, 0) is 107 Å². The molecule has 3 aromatic heterocycles. The second-order valence-electron chi connectivity index (χ2n) is 11.6. The molecule has 1 aliphatic rings. The van der Waals surface area contributed by atoms with Crippen LogP contribution in [0, 0.1) is 27.7 Å². The molecular weight excluding hydrogens is 610 g/mol. The largest absolute Gasteiger partial charge is 0.486 e. The van der Waals surface area contributed by atoms with E-state index in [0.29, 0.717) is 43.6 Å². The van der Waals surface area contributed by atoms with Crippen molar-refractivity contribution in [3.63, 3.8) is 0 Å². The fourth-order valence-corrected chi connectivity index (χ4v) is 5.77. The summed E-state index contributed by atoms with van der Waals surface area (Å²) in [5.74, 6) is 1.47. The summed E-state index contributed by atoms with van der Waals surface area (Å²) >= 11 is 0. The SMILES string of the molecule is Cc1ccc(C)n1-c1ccc(OCc2ccc(C(=O)N/N=C/c3cc(C)n(-c4ccc(OCC(=O)N5CCOCC5)cc4)c3C)o2)cc1. The minimum Gasteiger partial charge on any atom is -0.486 e. The molecule has 0 aliphatic carbocycles. The van der Waals surface area contributed by atoms with Gasteiger partial charge in [0.2, 0.25) is 0 Å². The van der Waals surface area contributed by atoms with Crippen molar-refractivity contribution in [2.24, 2.45) is 5.10 Å². The monoisotopic (exact) mass is 649 g/mol. The number of nitrogens with one attached hydrogen (secondary N) is 1. The molecular formula is C37H39N5O6. The maximum Gasteiger partial charge on any atom is 0.307 e. The normalized spacial score (nSPS) is 13.2. The minimum absolute atomic E-state index is 0.00995. The lowest BCUT2D eigenvalue weighted by atomic mass is 10.2. The highest BCUT2D eigenvalue weighted by molar-refractivity contribution is 5.92. The number of morpholine rings is 1. The second kappa shape index (κ2) is 14.5. The van der Waals surface area contributed by atoms with E-state index in [1.807, 2.05) is 68.4 Å². The standard InChI is InChI=1S/C37H39N5O6/c1-25-5-6-26(2)41(25)30-7-11-32(12-8-30)46-23-34-15-16-35(48-34)37(44)39-38-22-29-21-27(3)42(28(29)4)31-9-13-33(14-10-31)47-24-36(43)40-17-19-45-20-18-40/h5-16,21-22H,17-20,23-24H2,1-4H3,(H,39,44)/b38-22+. The smallest absolute Gasteiger partial charge is 0.307 e. The maximum atomic E-state index is 12.7. The highest BCUT2D eigenvalue weighted by atomic mass is 16.5. The van der Waals surface area contributed by atoms with Crippen LogP contribution in [0.25, 0.3) is 11.4 Å². The third-order valence-electron chi connectivity index (χ3n) is 8.29. The summed E-state index contributed by atoms with van der Waals surface area (Å²) in [6.07, 6.45) is 1.61. The van der Waals surface area contributed by atoms with Crippen LogP contribution in [0.3, 0.4) is 0 Å². The zero-order valence-corrected chi connectivity index (χ0v) is 27.6. The van der Waals surface area contributed by atoms with Crippen LogP contribution in [-0.2, 0) is 16.1 Å². The van der Waals surface area contributed by atoms with Gasteiger partial charge >= 0.3 is 5.91 Å². The summed E-state index contributed by atoms with van der Waals surface area (Å²) in [4.78, 5) is 26.9. The number of hydrogen-bond donors (Lipinski definition) is 1. The Morgan fingerprint density at radius 1 is 0.792 bits per heavy atom. The zero-order chi connectivity index (χ0) is 33.6. The van der Waals surface area contributed by atoms with Gasteiger partial charge < -0.3 is 32.7 Å². The Morgan fingerprint density at radius 3 is 2.08 bits per heavy atom. The predicted molar refractivity (Wildman–Crippen MR) is 181 cm³/mol. The molecule has 0 atom stereocenters. The van der Waals surface area contributed by atoms with Crippen molar-refractivity contribution in [3.8, 4) is 22.9 Å². The molecule has 1 fully saturated rings. The Labute approximate surface area is 279 Å². The number of furan rings is 1. The molecule has 11 heteroatoms. The van der Waals surface area contributed by atoms with E-state index in [-0.39, 0.29) is 24.9 Å². The van der Waals surface area contributed by atoms with Gasteiger partial charge in [-0.25, -0.2) is 5.43 Å². The lowest BCUT2D eigenvalue weighted by Gasteiger charge is -2.26. The zero-order valence-electron chi connectivity index (χ0n) is 27.6. The molecule has 5 aromatic rings. The van der Waals surface area contributed by atoms with Crippen LogP contribution >= 0.6 is 0 Å². The molecule has 4 heterocycles. The lowest BCUT2D eigenvalue weighted by molar-refractivity contribution is -0.137. The number of carbonyl (C=O) groups is 2. The van der Waals surface area contributed by atoms with Gasteiger partial charge in [0, 0.05) is 52.8 Å². The number of carbonyl (C=O) groups excluding carboxylic acids is 2. The number of benzene rings is 2. The summed E-state index contributed by atoms with van der Waals surface area (Å²) < 4.78 is 26.9. The summed E-state index contributed by atoms with van der Waals surface area (Å²) in [5.41, 5.74) is 9.68. The molecule has 0 bridgehead atoms. The van der Waals surface area contributed by atoms with Crippen molar-refractivity contribution < 1.29 is 28.2 Å². The van der Waals surface area contributed by atoms with Crippen LogP contribution in [0.1, 0.15) is 44.7 Å². The molecule has 0 spiro atoms. The van der Waals surface area contributed by atoms with Crippen molar-refractivity contribution in [3.05, 3.63) is 119 Å². The van der Waals surface area contributed by atoms with E-state index >= 15 is 0 Å². The number of hydrogen-bond acceptors (Lipinski definition) is 7. The molecule has 1 aliphatic heterocycles. The number of nitrogens with zero attached hydrogens (tertiary/aromatic N) is 4. The summed E-state index contributed by atoms with van der Waals surface area (Å²) in [6, 6.07) is 24.9. The molecule has 48 heavy (non-hydrogen) atoms. The van der Waals surface area contributed by atoms with E-state index in [0.717, 1.165) is 28.3 Å². The number of ether oxygens (including phenoxy) is 3. The number of rotatable bonds is 11. The van der Waals surface area contributed by atoms with Crippen molar-refractivity contribution in [2.45, 2.75) is 34.3 Å². The molecule has 2 amide bonds. The van der Waals surface area contributed by atoms with Gasteiger partial charge in [-0.15, -0.1) is 0 Å².